The van der Waals surface area contributed by atoms with Crippen molar-refractivity contribution in [1.29, 1.82) is 0 Å². The molecule has 1 aliphatic rings. The molecule has 1 saturated heterocycles. The molecule has 0 aromatic carbocycles. The lowest BCUT2D eigenvalue weighted by molar-refractivity contribution is 0.00906. The fraction of sp³-hybridized carbons (Fsp3) is 1.00. The predicted molar refractivity (Wildman–Crippen MR) is 49.0 cm³/mol. The number of aliphatic hydroxyl groups is 1. The Labute approximate surface area is 74.9 Å². The molecule has 0 saturated carbocycles. The number of rotatable bonds is 3. The minimum absolute atomic E-state index is 0.216. The Morgan fingerprint density at radius 2 is 2.08 bits per heavy atom. The Bertz CT molecular complexity index is 134. The summed E-state index contributed by atoms with van der Waals surface area (Å²) < 4.78 is 5.77. The lowest BCUT2D eigenvalue weighted by Crippen LogP contribution is -2.25. The van der Waals surface area contributed by atoms with E-state index in [2.05, 4.69) is 13.8 Å². The highest BCUT2D eigenvalue weighted by molar-refractivity contribution is 4.83. The third-order valence-corrected chi connectivity index (χ3v) is 2.86. The Balaban J connectivity index is 2.50. The number of hydrogen-bond acceptors (Lipinski definition) is 2. The summed E-state index contributed by atoms with van der Waals surface area (Å²) in [6, 6.07) is 0. The van der Waals surface area contributed by atoms with Crippen molar-refractivity contribution in [1.82, 2.24) is 0 Å². The summed E-state index contributed by atoms with van der Waals surface area (Å²) in [6.45, 7) is 6.13. The van der Waals surface area contributed by atoms with Gasteiger partial charge in [0.25, 0.3) is 0 Å². The zero-order chi connectivity index (χ0) is 9.14. The zero-order valence-corrected chi connectivity index (χ0v) is 8.29. The maximum atomic E-state index is 9.49. The molecule has 1 heterocycles. The van der Waals surface area contributed by atoms with Crippen LogP contribution in [0.25, 0.3) is 0 Å². The predicted octanol–water partition coefficient (Wildman–Crippen LogP) is 1.96. The van der Waals surface area contributed by atoms with Crippen molar-refractivity contribution in [2.75, 3.05) is 0 Å². The van der Waals surface area contributed by atoms with E-state index in [0.29, 0.717) is 12.0 Å². The molecule has 0 amide bonds. The van der Waals surface area contributed by atoms with Crippen molar-refractivity contribution >= 4 is 0 Å². The van der Waals surface area contributed by atoms with Crippen LogP contribution in [0.4, 0.5) is 0 Å². The van der Waals surface area contributed by atoms with E-state index in [4.69, 9.17) is 4.74 Å². The lowest BCUT2D eigenvalue weighted by Gasteiger charge is -2.18. The zero-order valence-electron chi connectivity index (χ0n) is 8.29. The van der Waals surface area contributed by atoms with Crippen LogP contribution in [-0.4, -0.2) is 23.4 Å². The summed E-state index contributed by atoms with van der Waals surface area (Å²) in [5, 5.41) is 9.49. The second kappa shape index (κ2) is 4.24. The smallest absolute Gasteiger partial charge is 0.0629 e. The van der Waals surface area contributed by atoms with Crippen LogP contribution < -0.4 is 0 Å². The molecule has 0 aromatic rings. The van der Waals surface area contributed by atoms with Crippen molar-refractivity contribution < 1.29 is 9.84 Å². The lowest BCUT2D eigenvalue weighted by atomic mass is 9.92. The van der Waals surface area contributed by atoms with Gasteiger partial charge in [0.2, 0.25) is 0 Å². The molecule has 1 rings (SSSR count). The quantitative estimate of drug-likeness (QED) is 0.705. The second-order valence-corrected chi connectivity index (χ2v) is 3.75. The van der Waals surface area contributed by atoms with E-state index in [1.807, 2.05) is 6.92 Å². The molecule has 72 valence electrons. The van der Waals surface area contributed by atoms with Gasteiger partial charge in [0, 0.05) is 5.92 Å². The Hall–Kier alpha value is -0.0800. The average Bonchev–Trinajstić information content (AvgIpc) is 2.47. The van der Waals surface area contributed by atoms with Gasteiger partial charge in [-0.05, 0) is 26.2 Å². The second-order valence-electron chi connectivity index (χ2n) is 3.75. The molecule has 1 aliphatic heterocycles. The van der Waals surface area contributed by atoms with Crippen molar-refractivity contribution in [2.24, 2.45) is 5.92 Å². The van der Waals surface area contributed by atoms with Crippen LogP contribution in [0, 0.1) is 5.92 Å². The molecule has 0 aliphatic carbocycles. The van der Waals surface area contributed by atoms with Gasteiger partial charge in [0.05, 0.1) is 18.3 Å². The molecule has 2 heteroatoms. The van der Waals surface area contributed by atoms with Crippen molar-refractivity contribution in [2.45, 2.75) is 58.3 Å². The summed E-state index contributed by atoms with van der Waals surface area (Å²) in [4.78, 5) is 0. The van der Waals surface area contributed by atoms with Gasteiger partial charge in [-0.2, -0.15) is 0 Å². The maximum Gasteiger partial charge on any atom is 0.0629 e. The average molecular weight is 172 g/mol. The van der Waals surface area contributed by atoms with Gasteiger partial charge in [0.15, 0.2) is 0 Å². The Morgan fingerprint density at radius 3 is 2.42 bits per heavy atom. The monoisotopic (exact) mass is 172 g/mol. The third kappa shape index (κ3) is 1.99. The van der Waals surface area contributed by atoms with Gasteiger partial charge in [-0.25, -0.2) is 0 Å². The van der Waals surface area contributed by atoms with Crippen molar-refractivity contribution in [3.05, 3.63) is 0 Å². The van der Waals surface area contributed by atoms with E-state index in [1.54, 1.807) is 0 Å². The molecule has 0 bridgehead atoms. The first-order valence-corrected chi connectivity index (χ1v) is 5.02. The minimum atomic E-state index is -0.216. The normalized spacial score (nSPS) is 38.5. The molecule has 2 nitrogen and oxygen atoms in total. The van der Waals surface area contributed by atoms with Crippen LogP contribution in [0.5, 0.6) is 0 Å². The number of aliphatic hydroxyl groups excluding tert-OH is 1. The minimum Gasteiger partial charge on any atom is -0.393 e. The molecule has 1 fully saturated rings. The fourth-order valence-electron chi connectivity index (χ4n) is 2.03. The van der Waals surface area contributed by atoms with E-state index in [9.17, 15) is 5.11 Å². The number of hydrogen-bond donors (Lipinski definition) is 1. The van der Waals surface area contributed by atoms with E-state index in [-0.39, 0.29) is 12.2 Å². The largest absolute Gasteiger partial charge is 0.393 e. The molecule has 0 aromatic heterocycles. The maximum absolute atomic E-state index is 9.49. The van der Waals surface area contributed by atoms with Crippen LogP contribution >= 0.6 is 0 Å². The van der Waals surface area contributed by atoms with Gasteiger partial charge in [0.1, 0.15) is 0 Å². The van der Waals surface area contributed by atoms with E-state index in [1.165, 1.54) is 0 Å². The Morgan fingerprint density at radius 1 is 1.42 bits per heavy atom. The first-order chi connectivity index (χ1) is 5.69. The van der Waals surface area contributed by atoms with Crippen LogP contribution in [0.3, 0.4) is 0 Å². The highest BCUT2D eigenvalue weighted by Crippen LogP contribution is 2.32. The topological polar surface area (TPSA) is 29.5 Å². The molecule has 0 spiro atoms. The molecular weight excluding hydrogens is 152 g/mol. The van der Waals surface area contributed by atoms with Crippen LogP contribution in [0.15, 0.2) is 0 Å². The van der Waals surface area contributed by atoms with Crippen LogP contribution in [0.1, 0.15) is 40.0 Å². The van der Waals surface area contributed by atoms with E-state index in [0.717, 1.165) is 19.3 Å². The highest BCUT2D eigenvalue weighted by Gasteiger charge is 2.35. The first-order valence-electron chi connectivity index (χ1n) is 5.02. The molecular formula is C10H20O2. The summed E-state index contributed by atoms with van der Waals surface area (Å²) in [7, 11) is 0. The van der Waals surface area contributed by atoms with Crippen LogP contribution in [0.2, 0.25) is 0 Å². The first kappa shape index (κ1) is 10.0. The molecule has 0 radical (unpaired) electrons. The van der Waals surface area contributed by atoms with Crippen LogP contribution in [-0.2, 0) is 4.74 Å². The summed E-state index contributed by atoms with van der Waals surface area (Å²) in [6.07, 6.45) is 3.58. The van der Waals surface area contributed by atoms with Gasteiger partial charge >= 0.3 is 0 Å². The Kier molecular flexibility index (Phi) is 3.53. The SMILES string of the molecule is CCC1CC(C(C)O)C(CC)O1. The highest BCUT2D eigenvalue weighted by atomic mass is 16.5. The molecule has 12 heavy (non-hydrogen) atoms. The summed E-state index contributed by atoms with van der Waals surface area (Å²) >= 11 is 0. The number of ether oxygens (including phenoxy) is 1. The third-order valence-electron chi connectivity index (χ3n) is 2.86. The van der Waals surface area contributed by atoms with E-state index < -0.39 is 0 Å². The fourth-order valence-corrected chi connectivity index (χ4v) is 2.03. The summed E-state index contributed by atoms with van der Waals surface area (Å²) in [5.41, 5.74) is 0. The van der Waals surface area contributed by atoms with Crippen molar-refractivity contribution in [3.8, 4) is 0 Å². The molecule has 4 unspecified atom stereocenters. The van der Waals surface area contributed by atoms with Gasteiger partial charge in [-0.15, -0.1) is 0 Å². The van der Waals surface area contributed by atoms with Gasteiger partial charge in [-0.1, -0.05) is 13.8 Å². The van der Waals surface area contributed by atoms with Gasteiger partial charge in [-0.3, -0.25) is 0 Å². The summed E-state index contributed by atoms with van der Waals surface area (Å²) in [5.74, 6) is 0.361. The molecule has 4 atom stereocenters. The van der Waals surface area contributed by atoms with E-state index >= 15 is 0 Å². The molecule has 1 N–H and O–H groups in total. The standard InChI is InChI=1S/C10H20O2/c1-4-8-6-9(7(3)11)10(5-2)12-8/h7-11H,4-6H2,1-3H3. The van der Waals surface area contributed by atoms with Crippen molar-refractivity contribution in [3.63, 3.8) is 0 Å². The van der Waals surface area contributed by atoms with Gasteiger partial charge < -0.3 is 9.84 Å².